The largest absolute Gasteiger partial charge is 0.491 e. The maximum Gasteiger partial charge on any atom is 0.261 e. The van der Waals surface area contributed by atoms with Crippen molar-refractivity contribution in [3.05, 3.63) is 59.1 Å². The number of halogens is 1. The molecule has 5 heteroatoms. The van der Waals surface area contributed by atoms with Crippen molar-refractivity contribution in [3.8, 4) is 11.5 Å². The summed E-state index contributed by atoms with van der Waals surface area (Å²) in [5.74, 6) is 1.17. The quantitative estimate of drug-likeness (QED) is 0.747. The van der Waals surface area contributed by atoms with E-state index in [0.717, 1.165) is 11.3 Å². The van der Waals surface area contributed by atoms with Crippen LogP contribution in [0.15, 0.2) is 48.5 Å². The molecule has 1 atom stereocenters. The average Bonchev–Trinajstić information content (AvgIpc) is 2.59. The SMILES string of the molecule is CC[C@@H](Oc1ccccc1Cl)C(=O)NCc1ccc(OC(C)C)cc1. The van der Waals surface area contributed by atoms with Crippen LogP contribution < -0.4 is 14.8 Å². The summed E-state index contributed by atoms with van der Waals surface area (Å²) in [7, 11) is 0. The van der Waals surface area contributed by atoms with Crippen LogP contribution in [0.25, 0.3) is 0 Å². The predicted octanol–water partition coefficient (Wildman–Crippen LogP) is 4.60. The summed E-state index contributed by atoms with van der Waals surface area (Å²) >= 11 is 6.09. The monoisotopic (exact) mass is 361 g/mol. The topological polar surface area (TPSA) is 47.6 Å². The normalized spacial score (nSPS) is 11.9. The molecule has 2 aromatic rings. The lowest BCUT2D eigenvalue weighted by Gasteiger charge is -2.18. The molecule has 0 aliphatic carbocycles. The minimum Gasteiger partial charge on any atom is -0.491 e. The Balaban J connectivity index is 1.90. The molecular formula is C20H24ClNO3. The fourth-order valence-electron chi connectivity index (χ4n) is 2.28. The second-order valence-corrected chi connectivity index (χ2v) is 6.38. The number of nitrogens with one attached hydrogen (secondary N) is 1. The highest BCUT2D eigenvalue weighted by atomic mass is 35.5. The smallest absolute Gasteiger partial charge is 0.261 e. The van der Waals surface area contributed by atoms with Crippen LogP contribution >= 0.6 is 11.6 Å². The molecule has 0 radical (unpaired) electrons. The average molecular weight is 362 g/mol. The van der Waals surface area contributed by atoms with Crippen molar-refractivity contribution in [3.63, 3.8) is 0 Å². The summed E-state index contributed by atoms with van der Waals surface area (Å²) in [4.78, 5) is 12.4. The van der Waals surface area contributed by atoms with E-state index in [2.05, 4.69) is 5.32 Å². The Morgan fingerprint density at radius 3 is 2.36 bits per heavy atom. The van der Waals surface area contributed by atoms with Crippen LogP contribution in [-0.4, -0.2) is 18.1 Å². The summed E-state index contributed by atoms with van der Waals surface area (Å²) < 4.78 is 11.4. The molecule has 2 rings (SSSR count). The lowest BCUT2D eigenvalue weighted by Crippen LogP contribution is -2.37. The molecule has 0 heterocycles. The Morgan fingerprint density at radius 1 is 1.08 bits per heavy atom. The van der Waals surface area contributed by atoms with E-state index < -0.39 is 6.10 Å². The van der Waals surface area contributed by atoms with Gasteiger partial charge in [0.2, 0.25) is 0 Å². The number of amides is 1. The molecule has 0 unspecified atom stereocenters. The first-order valence-electron chi connectivity index (χ1n) is 8.44. The molecule has 25 heavy (non-hydrogen) atoms. The zero-order valence-electron chi connectivity index (χ0n) is 14.8. The maximum atomic E-state index is 12.4. The van der Waals surface area contributed by atoms with Gasteiger partial charge in [0.15, 0.2) is 6.10 Å². The van der Waals surface area contributed by atoms with Crippen LogP contribution in [0, 0.1) is 0 Å². The Morgan fingerprint density at radius 2 is 1.76 bits per heavy atom. The highest BCUT2D eigenvalue weighted by Crippen LogP contribution is 2.24. The highest BCUT2D eigenvalue weighted by Gasteiger charge is 2.19. The lowest BCUT2D eigenvalue weighted by atomic mass is 10.2. The number of ether oxygens (including phenoxy) is 2. The van der Waals surface area contributed by atoms with Gasteiger partial charge in [0.1, 0.15) is 11.5 Å². The number of para-hydroxylation sites is 1. The van der Waals surface area contributed by atoms with Gasteiger partial charge in [-0.2, -0.15) is 0 Å². The molecular weight excluding hydrogens is 338 g/mol. The Labute approximate surface area is 154 Å². The van der Waals surface area contributed by atoms with Gasteiger partial charge in [0.25, 0.3) is 5.91 Å². The van der Waals surface area contributed by atoms with E-state index in [1.165, 1.54) is 0 Å². The summed E-state index contributed by atoms with van der Waals surface area (Å²) in [6.07, 6.45) is 0.111. The van der Waals surface area contributed by atoms with E-state index in [1.54, 1.807) is 12.1 Å². The third kappa shape index (κ3) is 5.98. The third-order valence-electron chi connectivity index (χ3n) is 3.53. The fraction of sp³-hybridized carbons (Fsp3) is 0.350. The number of benzene rings is 2. The van der Waals surface area contributed by atoms with E-state index in [9.17, 15) is 4.79 Å². The minimum atomic E-state index is -0.580. The molecule has 1 amide bonds. The van der Waals surface area contributed by atoms with E-state index in [4.69, 9.17) is 21.1 Å². The van der Waals surface area contributed by atoms with Crippen LogP contribution in [-0.2, 0) is 11.3 Å². The van der Waals surface area contributed by atoms with Gasteiger partial charge in [0.05, 0.1) is 11.1 Å². The molecule has 0 spiro atoms. The van der Waals surface area contributed by atoms with E-state index in [1.807, 2.05) is 57.2 Å². The number of carbonyl (C=O) groups is 1. The van der Waals surface area contributed by atoms with Gasteiger partial charge < -0.3 is 14.8 Å². The van der Waals surface area contributed by atoms with E-state index >= 15 is 0 Å². The van der Waals surface area contributed by atoms with Gasteiger partial charge in [-0.15, -0.1) is 0 Å². The molecule has 0 aliphatic rings. The van der Waals surface area contributed by atoms with Gasteiger partial charge >= 0.3 is 0 Å². The zero-order valence-corrected chi connectivity index (χ0v) is 15.5. The number of rotatable bonds is 8. The molecule has 2 aromatic carbocycles. The third-order valence-corrected chi connectivity index (χ3v) is 3.84. The minimum absolute atomic E-state index is 0.137. The van der Waals surface area contributed by atoms with Gasteiger partial charge in [-0.05, 0) is 50.1 Å². The van der Waals surface area contributed by atoms with Crippen molar-refractivity contribution in [2.45, 2.75) is 45.9 Å². The Hall–Kier alpha value is -2.20. The van der Waals surface area contributed by atoms with Crippen molar-refractivity contribution < 1.29 is 14.3 Å². The van der Waals surface area contributed by atoms with Crippen molar-refractivity contribution in [2.24, 2.45) is 0 Å². The maximum absolute atomic E-state index is 12.4. The van der Waals surface area contributed by atoms with Crippen LogP contribution in [0.3, 0.4) is 0 Å². The van der Waals surface area contributed by atoms with Gasteiger partial charge in [-0.1, -0.05) is 42.8 Å². The second kappa shape index (κ2) is 9.33. The molecule has 4 nitrogen and oxygen atoms in total. The number of hydrogen-bond donors (Lipinski definition) is 1. The van der Waals surface area contributed by atoms with Gasteiger partial charge in [-0.3, -0.25) is 4.79 Å². The van der Waals surface area contributed by atoms with Gasteiger partial charge in [0, 0.05) is 6.54 Å². The highest BCUT2D eigenvalue weighted by molar-refractivity contribution is 6.32. The fourth-order valence-corrected chi connectivity index (χ4v) is 2.46. The molecule has 0 saturated carbocycles. The summed E-state index contributed by atoms with van der Waals surface area (Å²) in [6, 6.07) is 14.8. The molecule has 1 N–H and O–H groups in total. The van der Waals surface area contributed by atoms with Crippen LogP contribution in [0.4, 0.5) is 0 Å². The predicted molar refractivity (Wildman–Crippen MR) is 100 cm³/mol. The van der Waals surface area contributed by atoms with Crippen LogP contribution in [0.1, 0.15) is 32.8 Å². The van der Waals surface area contributed by atoms with E-state index in [0.29, 0.717) is 23.7 Å². The molecule has 0 bridgehead atoms. The molecule has 134 valence electrons. The second-order valence-electron chi connectivity index (χ2n) is 5.97. The Kier molecular flexibility index (Phi) is 7.14. The van der Waals surface area contributed by atoms with Crippen molar-refractivity contribution in [1.82, 2.24) is 5.32 Å². The molecule has 0 fully saturated rings. The molecule has 0 saturated heterocycles. The first-order valence-corrected chi connectivity index (χ1v) is 8.82. The number of hydrogen-bond acceptors (Lipinski definition) is 3. The number of carbonyl (C=O) groups excluding carboxylic acids is 1. The van der Waals surface area contributed by atoms with Crippen molar-refractivity contribution in [2.75, 3.05) is 0 Å². The van der Waals surface area contributed by atoms with Gasteiger partial charge in [-0.25, -0.2) is 0 Å². The zero-order chi connectivity index (χ0) is 18.2. The van der Waals surface area contributed by atoms with E-state index in [-0.39, 0.29) is 12.0 Å². The standard InChI is InChI=1S/C20H24ClNO3/c1-4-18(25-19-8-6-5-7-17(19)21)20(23)22-13-15-9-11-16(12-10-15)24-14(2)3/h5-12,14,18H,4,13H2,1-3H3,(H,22,23)/t18-/m1/s1. The van der Waals surface area contributed by atoms with Crippen molar-refractivity contribution in [1.29, 1.82) is 0 Å². The first kappa shape index (κ1) is 19.1. The first-order chi connectivity index (χ1) is 12.0. The van der Waals surface area contributed by atoms with Crippen LogP contribution in [0.2, 0.25) is 5.02 Å². The summed E-state index contributed by atoms with van der Waals surface area (Å²) in [5.41, 5.74) is 0.997. The molecule has 0 aromatic heterocycles. The summed E-state index contributed by atoms with van der Waals surface area (Å²) in [5, 5.41) is 3.40. The molecule has 0 aliphatic heterocycles. The Bertz CT molecular complexity index is 686. The lowest BCUT2D eigenvalue weighted by molar-refractivity contribution is -0.128. The van der Waals surface area contributed by atoms with Crippen LogP contribution in [0.5, 0.6) is 11.5 Å². The summed E-state index contributed by atoms with van der Waals surface area (Å²) in [6.45, 7) is 6.30. The van der Waals surface area contributed by atoms with Crippen molar-refractivity contribution >= 4 is 17.5 Å².